The Morgan fingerprint density at radius 1 is 1.35 bits per heavy atom. The molecule has 20 heavy (non-hydrogen) atoms. The van der Waals surface area contributed by atoms with Gasteiger partial charge in [-0.25, -0.2) is 12.8 Å². The van der Waals surface area contributed by atoms with Gasteiger partial charge in [-0.05, 0) is 37.3 Å². The van der Waals surface area contributed by atoms with E-state index in [1.165, 1.54) is 16.4 Å². The summed E-state index contributed by atoms with van der Waals surface area (Å²) in [6.07, 6.45) is 2.56. The molecule has 1 fully saturated rings. The van der Waals surface area contributed by atoms with Crippen LogP contribution in [-0.4, -0.2) is 25.8 Å². The number of hydrogen-bond donors (Lipinski definition) is 0. The van der Waals surface area contributed by atoms with Crippen molar-refractivity contribution in [2.24, 2.45) is 5.92 Å². The van der Waals surface area contributed by atoms with Gasteiger partial charge in [0.25, 0.3) is 0 Å². The largest absolute Gasteiger partial charge is 0.244 e. The minimum atomic E-state index is -3.80. The molecular formula is C14H17FN2O2S. The lowest BCUT2D eigenvalue weighted by atomic mass is 10.0. The number of nitrogens with zero attached hydrogens (tertiary/aromatic N) is 2. The van der Waals surface area contributed by atoms with Crippen LogP contribution in [-0.2, 0) is 10.0 Å². The van der Waals surface area contributed by atoms with Crippen LogP contribution >= 0.6 is 0 Å². The van der Waals surface area contributed by atoms with Gasteiger partial charge in [0.1, 0.15) is 22.3 Å². The van der Waals surface area contributed by atoms with Crippen LogP contribution in [0.4, 0.5) is 4.39 Å². The highest BCUT2D eigenvalue weighted by atomic mass is 32.2. The van der Waals surface area contributed by atoms with Crippen LogP contribution in [0, 0.1) is 23.1 Å². The van der Waals surface area contributed by atoms with E-state index in [0.29, 0.717) is 19.0 Å². The van der Waals surface area contributed by atoms with Crippen LogP contribution in [0.1, 0.15) is 31.7 Å². The van der Waals surface area contributed by atoms with Crippen LogP contribution in [0.15, 0.2) is 23.1 Å². The lowest BCUT2D eigenvalue weighted by Crippen LogP contribution is -2.32. The Morgan fingerprint density at radius 2 is 2.10 bits per heavy atom. The first-order valence-electron chi connectivity index (χ1n) is 6.65. The van der Waals surface area contributed by atoms with Crippen molar-refractivity contribution in [3.8, 4) is 6.07 Å². The summed E-state index contributed by atoms with van der Waals surface area (Å²) >= 11 is 0. The summed E-state index contributed by atoms with van der Waals surface area (Å²) in [6.45, 7) is 2.94. The Hall–Kier alpha value is -1.45. The molecule has 0 radical (unpaired) electrons. The van der Waals surface area contributed by atoms with Crippen molar-refractivity contribution in [2.75, 3.05) is 13.1 Å². The van der Waals surface area contributed by atoms with Crippen molar-refractivity contribution in [3.05, 3.63) is 29.6 Å². The van der Waals surface area contributed by atoms with E-state index in [1.54, 1.807) is 6.07 Å². The maximum absolute atomic E-state index is 13.6. The zero-order chi connectivity index (χ0) is 14.8. The first kappa shape index (κ1) is 14.9. The maximum atomic E-state index is 13.6. The normalized spacial score (nSPS) is 21.1. The van der Waals surface area contributed by atoms with Crippen LogP contribution in [0.2, 0.25) is 0 Å². The highest BCUT2D eigenvalue weighted by molar-refractivity contribution is 7.89. The minimum Gasteiger partial charge on any atom is -0.207 e. The molecule has 6 heteroatoms. The molecule has 1 heterocycles. The molecule has 0 aliphatic carbocycles. The van der Waals surface area contributed by atoms with Gasteiger partial charge in [-0.2, -0.15) is 9.57 Å². The predicted molar refractivity (Wildman–Crippen MR) is 72.9 cm³/mol. The van der Waals surface area contributed by atoms with Crippen molar-refractivity contribution < 1.29 is 12.8 Å². The van der Waals surface area contributed by atoms with Crippen LogP contribution in [0.3, 0.4) is 0 Å². The van der Waals surface area contributed by atoms with Gasteiger partial charge < -0.3 is 0 Å². The molecule has 108 valence electrons. The van der Waals surface area contributed by atoms with E-state index in [1.807, 2.05) is 0 Å². The summed E-state index contributed by atoms with van der Waals surface area (Å²) in [5.74, 6) is -0.310. The molecule has 4 nitrogen and oxygen atoms in total. The standard InChI is InChI=1S/C14H17FN2O2S/c1-11-4-3-8-17(9-7-11)20(18,19)14-6-2-5-13(15)12(14)10-16/h2,5-6,11H,3-4,7-9H2,1H3. The Balaban J connectivity index is 2.41. The molecule has 1 aliphatic heterocycles. The molecular weight excluding hydrogens is 279 g/mol. The van der Waals surface area contributed by atoms with Crippen LogP contribution in [0.25, 0.3) is 0 Å². The molecule has 0 amide bonds. The summed E-state index contributed by atoms with van der Waals surface area (Å²) in [4.78, 5) is -0.227. The third-order valence-corrected chi connectivity index (χ3v) is 5.62. The maximum Gasteiger partial charge on any atom is 0.244 e. The van der Waals surface area contributed by atoms with E-state index in [-0.39, 0.29) is 4.90 Å². The smallest absolute Gasteiger partial charge is 0.207 e. The lowest BCUT2D eigenvalue weighted by Gasteiger charge is -2.20. The monoisotopic (exact) mass is 296 g/mol. The average molecular weight is 296 g/mol. The van der Waals surface area contributed by atoms with E-state index in [9.17, 15) is 12.8 Å². The molecule has 0 spiro atoms. The minimum absolute atomic E-state index is 0.227. The lowest BCUT2D eigenvalue weighted by molar-refractivity contribution is 0.416. The number of halogens is 1. The van der Waals surface area contributed by atoms with Gasteiger partial charge in [-0.15, -0.1) is 0 Å². The van der Waals surface area contributed by atoms with E-state index in [0.717, 1.165) is 25.3 Å². The van der Waals surface area contributed by atoms with Crippen molar-refractivity contribution >= 4 is 10.0 Å². The molecule has 1 aromatic carbocycles. The molecule has 0 saturated carbocycles. The quantitative estimate of drug-likeness (QED) is 0.842. The van der Waals surface area contributed by atoms with Crippen molar-refractivity contribution in [1.82, 2.24) is 4.31 Å². The third-order valence-electron chi connectivity index (χ3n) is 3.68. The highest BCUT2D eigenvalue weighted by Gasteiger charge is 2.29. The van der Waals surface area contributed by atoms with Gasteiger partial charge in [0.05, 0.1) is 0 Å². The second kappa shape index (κ2) is 5.90. The molecule has 0 N–H and O–H groups in total. The Morgan fingerprint density at radius 3 is 2.80 bits per heavy atom. The molecule has 0 bridgehead atoms. The SMILES string of the molecule is CC1CCCN(S(=O)(=O)c2cccc(F)c2C#N)CC1. The van der Waals surface area contributed by atoms with Crippen LogP contribution in [0.5, 0.6) is 0 Å². The molecule has 1 atom stereocenters. The summed E-state index contributed by atoms with van der Waals surface area (Å²) in [7, 11) is -3.80. The van der Waals surface area contributed by atoms with Crippen molar-refractivity contribution in [1.29, 1.82) is 5.26 Å². The zero-order valence-corrected chi connectivity index (χ0v) is 12.2. The number of nitriles is 1. The molecule has 1 aromatic rings. The summed E-state index contributed by atoms with van der Waals surface area (Å²) in [5, 5.41) is 8.99. The topological polar surface area (TPSA) is 61.2 Å². The summed E-state index contributed by atoms with van der Waals surface area (Å²) in [5.41, 5.74) is -0.398. The highest BCUT2D eigenvalue weighted by Crippen LogP contribution is 2.25. The second-order valence-electron chi connectivity index (χ2n) is 5.16. The third kappa shape index (κ3) is 2.84. The van der Waals surface area contributed by atoms with Crippen LogP contribution < -0.4 is 0 Å². The number of sulfonamides is 1. The van der Waals surface area contributed by atoms with E-state index in [4.69, 9.17) is 5.26 Å². The van der Waals surface area contributed by atoms with Gasteiger partial charge >= 0.3 is 0 Å². The first-order valence-corrected chi connectivity index (χ1v) is 8.09. The molecule has 2 rings (SSSR count). The van der Waals surface area contributed by atoms with Gasteiger partial charge in [0.15, 0.2) is 0 Å². The Labute approximate surface area is 118 Å². The molecule has 1 unspecified atom stereocenters. The Bertz CT molecular complexity index is 637. The molecule has 1 saturated heterocycles. The van der Waals surface area contributed by atoms with E-state index >= 15 is 0 Å². The average Bonchev–Trinajstić information content (AvgIpc) is 2.63. The molecule has 0 aromatic heterocycles. The van der Waals surface area contributed by atoms with E-state index in [2.05, 4.69) is 6.92 Å². The fourth-order valence-corrected chi connectivity index (χ4v) is 4.09. The summed E-state index contributed by atoms with van der Waals surface area (Å²) < 4.78 is 40.1. The number of hydrogen-bond acceptors (Lipinski definition) is 3. The van der Waals surface area contributed by atoms with Gasteiger partial charge in [0, 0.05) is 13.1 Å². The molecule has 1 aliphatic rings. The van der Waals surface area contributed by atoms with Crippen molar-refractivity contribution in [3.63, 3.8) is 0 Å². The Kier molecular flexibility index (Phi) is 4.41. The van der Waals surface area contributed by atoms with Gasteiger partial charge in [-0.3, -0.25) is 0 Å². The summed E-state index contributed by atoms with van der Waals surface area (Å²) in [6, 6.07) is 5.37. The number of benzene rings is 1. The fourth-order valence-electron chi connectivity index (χ4n) is 2.44. The van der Waals surface area contributed by atoms with Gasteiger partial charge in [-0.1, -0.05) is 13.0 Å². The number of rotatable bonds is 2. The van der Waals surface area contributed by atoms with Gasteiger partial charge in [0.2, 0.25) is 10.0 Å². The zero-order valence-electron chi connectivity index (χ0n) is 11.3. The van der Waals surface area contributed by atoms with Crippen molar-refractivity contribution in [2.45, 2.75) is 31.1 Å². The predicted octanol–water partition coefficient (Wildman–Crippen LogP) is 2.51. The van der Waals surface area contributed by atoms with E-state index < -0.39 is 21.4 Å². The first-order chi connectivity index (χ1) is 9.46. The second-order valence-corrected chi connectivity index (χ2v) is 7.07. The fraction of sp³-hybridized carbons (Fsp3) is 0.500.